The molecule has 1 aliphatic heterocycles. The zero-order valence-corrected chi connectivity index (χ0v) is 18.9. The van der Waals surface area contributed by atoms with E-state index in [9.17, 15) is 13.2 Å². The monoisotopic (exact) mass is 481 g/mol. The molecule has 2 aromatic rings. The van der Waals surface area contributed by atoms with Crippen molar-refractivity contribution in [2.24, 2.45) is 16.8 Å². The Morgan fingerprint density at radius 3 is 2.62 bits per heavy atom. The van der Waals surface area contributed by atoms with Crippen molar-refractivity contribution in [2.45, 2.75) is 30.1 Å². The number of nitrogens with two attached hydrogens (primary N) is 1. The fourth-order valence-electron chi connectivity index (χ4n) is 3.53. The molecule has 0 aliphatic carbocycles. The number of hydrogen-bond donors (Lipinski definition) is 3. The molecule has 0 radical (unpaired) electrons. The van der Waals surface area contributed by atoms with Crippen LogP contribution in [0.2, 0.25) is 5.02 Å². The summed E-state index contributed by atoms with van der Waals surface area (Å²) in [7, 11) is -3.49. The zero-order valence-electron chi connectivity index (χ0n) is 17.4. The number of aromatic nitrogens is 2. The van der Waals surface area contributed by atoms with Gasteiger partial charge in [-0.1, -0.05) is 22.8 Å². The smallest absolute Gasteiger partial charge is 0.233 e. The zero-order chi connectivity index (χ0) is 23.3. The van der Waals surface area contributed by atoms with Crippen LogP contribution in [-0.2, 0) is 19.4 Å². The standard InChI is InChI=1S/C20H24ClN5O5S/c1-32(29,30)17-3-2-13(9-15(17)21)14(8-12-4-6-31-7-5-12)20(27)25-18-11-23-16(10-24-18)19(22)26-28/h2-3,9-12,14,28H,4-8H2,1H3,(H2,22,26)(H,24,25,27). The topological polar surface area (TPSA) is 157 Å². The number of oxime groups is 1. The molecule has 1 aromatic heterocycles. The molecule has 1 atom stereocenters. The number of anilines is 1. The molecule has 1 aliphatic rings. The number of hydrogen-bond acceptors (Lipinski definition) is 8. The van der Waals surface area contributed by atoms with Crippen molar-refractivity contribution in [1.29, 1.82) is 0 Å². The maximum atomic E-state index is 13.2. The van der Waals surface area contributed by atoms with E-state index in [4.69, 9.17) is 27.3 Å². The van der Waals surface area contributed by atoms with Gasteiger partial charge in [0, 0.05) is 19.5 Å². The molecule has 0 bridgehead atoms. The highest BCUT2D eigenvalue weighted by Gasteiger charge is 2.28. The number of nitrogens with one attached hydrogen (secondary N) is 1. The minimum absolute atomic E-state index is 0.0118. The van der Waals surface area contributed by atoms with E-state index >= 15 is 0 Å². The van der Waals surface area contributed by atoms with E-state index < -0.39 is 15.8 Å². The van der Waals surface area contributed by atoms with Crippen LogP contribution in [0.4, 0.5) is 5.82 Å². The van der Waals surface area contributed by atoms with E-state index in [1.165, 1.54) is 24.5 Å². The number of carbonyl (C=O) groups excluding carboxylic acids is 1. The Labute approximate surface area is 190 Å². The van der Waals surface area contributed by atoms with Gasteiger partial charge in [0.2, 0.25) is 5.91 Å². The third kappa shape index (κ3) is 5.93. The Kier molecular flexibility index (Phi) is 7.64. The first-order chi connectivity index (χ1) is 15.2. The van der Waals surface area contributed by atoms with Crippen molar-refractivity contribution in [3.63, 3.8) is 0 Å². The molecule has 12 heteroatoms. The minimum Gasteiger partial charge on any atom is -0.409 e. The normalized spacial score (nSPS) is 16.5. The highest BCUT2D eigenvalue weighted by Crippen LogP contribution is 2.33. The summed E-state index contributed by atoms with van der Waals surface area (Å²) in [5.41, 5.74) is 6.24. The molecule has 1 saturated heterocycles. The third-order valence-corrected chi connectivity index (χ3v) is 6.84. The van der Waals surface area contributed by atoms with Gasteiger partial charge >= 0.3 is 0 Å². The van der Waals surface area contributed by atoms with Crippen molar-refractivity contribution < 1.29 is 23.2 Å². The molecule has 2 heterocycles. The number of carbonyl (C=O) groups is 1. The molecule has 1 amide bonds. The summed E-state index contributed by atoms with van der Waals surface area (Å²) in [5.74, 6) is -0.657. The molecule has 1 aromatic carbocycles. The van der Waals surface area contributed by atoms with E-state index in [1.54, 1.807) is 6.07 Å². The molecular weight excluding hydrogens is 458 g/mol. The fourth-order valence-corrected chi connectivity index (χ4v) is 4.87. The summed E-state index contributed by atoms with van der Waals surface area (Å²) in [4.78, 5) is 21.3. The second kappa shape index (κ2) is 10.2. The number of halogens is 1. The van der Waals surface area contributed by atoms with Crippen LogP contribution >= 0.6 is 11.6 Å². The molecule has 172 valence electrons. The van der Waals surface area contributed by atoms with Crippen LogP contribution in [0.5, 0.6) is 0 Å². The van der Waals surface area contributed by atoms with Crippen LogP contribution in [0.1, 0.15) is 36.4 Å². The van der Waals surface area contributed by atoms with Gasteiger partial charge in [0.25, 0.3) is 0 Å². The number of rotatable bonds is 7. The van der Waals surface area contributed by atoms with Gasteiger partial charge in [-0.3, -0.25) is 4.79 Å². The molecule has 3 rings (SSSR count). The highest BCUT2D eigenvalue weighted by molar-refractivity contribution is 7.90. The maximum Gasteiger partial charge on any atom is 0.233 e. The SMILES string of the molecule is CS(=O)(=O)c1ccc(C(CC2CCOCC2)C(=O)Nc2cnc(C(N)=NO)cn2)cc1Cl. The average molecular weight is 482 g/mol. The van der Waals surface area contributed by atoms with Crippen LogP contribution in [0.15, 0.2) is 40.6 Å². The number of ether oxygens (including phenoxy) is 1. The van der Waals surface area contributed by atoms with Gasteiger partial charge in [-0.05, 0) is 42.9 Å². The van der Waals surface area contributed by atoms with Gasteiger partial charge in [-0.25, -0.2) is 18.4 Å². The summed E-state index contributed by atoms with van der Waals surface area (Å²) in [6.45, 7) is 1.26. The molecule has 4 N–H and O–H groups in total. The molecule has 0 saturated carbocycles. The predicted molar refractivity (Wildman–Crippen MR) is 119 cm³/mol. The van der Waals surface area contributed by atoms with Crippen molar-refractivity contribution in [3.05, 3.63) is 46.9 Å². The lowest BCUT2D eigenvalue weighted by molar-refractivity contribution is -0.118. The van der Waals surface area contributed by atoms with E-state index in [0.29, 0.717) is 25.2 Å². The van der Waals surface area contributed by atoms with Gasteiger partial charge < -0.3 is 21.0 Å². The van der Waals surface area contributed by atoms with Crippen molar-refractivity contribution in [1.82, 2.24) is 9.97 Å². The molecule has 0 spiro atoms. The van der Waals surface area contributed by atoms with Gasteiger partial charge in [0.05, 0.1) is 28.2 Å². The van der Waals surface area contributed by atoms with E-state index in [0.717, 1.165) is 19.1 Å². The number of benzene rings is 1. The van der Waals surface area contributed by atoms with Gasteiger partial charge in [0.1, 0.15) is 5.69 Å². The third-order valence-electron chi connectivity index (χ3n) is 5.26. The van der Waals surface area contributed by atoms with E-state index in [2.05, 4.69) is 20.4 Å². The number of amidine groups is 1. The quantitative estimate of drug-likeness (QED) is 0.235. The molecular formula is C20H24ClN5O5S. The Bertz CT molecular complexity index is 1100. The van der Waals surface area contributed by atoms with Crippen LogP contribution < -0.4 is 11.1 Å². The fraction of sp³-hybridized carbons (Fsp3) is 0.400. The van der Waals surface area contributed by atoms with Crippen molar-refractivity contribution in [3.8, 4) is 0 Å². The first kappa shape index (κ1) is 23.9. The lowest BCUT2D eigenvalue weighted by Crippen LogP contribution is -2.26. The highest BCUT2D eigenvalue weighted by atomic mass is 35.5. The van der Waals surface area contributed by atoms with Crippen LogP contribution in [0, 0.1) is 5.92 Å². The first-order valence-electron chi connectivity index (χ1n) is 9.87. The van der Waals surface area contributed by atoms with E-state index in [-0.39, 0.29) is 39.1 Å². The number of nitrogens with zero attached hydrogens (tertiary/aromatic N) is 3. The van der Waals surface area contributed by atoms with Gasteiger partial charge in [-0.15, -0.1) is 0 Å². The summed E-state index contributed by atoms with van der Waals surface area (Å²) in [6, 6.07) is 4.55. The van der Waals surface area contributed by atoms with Crippen molar-refractivity contribution >= 4 is 39.0 Å². The van der Waals surface area contributed by atoms with Crippen molar-refractivity contribution in [2.75, 3.05) is 24.8 Å². The number of sulfone groups is 1. The Morgan fingerprint density at radius 1 is 1.34 bits per heavy atom. The summed E-state index contributed by atoms with van der Waals surface area (Å²) in [6.07, 6.45) is 5.85. The molecule has 1 fully saturated rings. The van der Waals surface area contributed by atoms with Crippen LogP contribution in [-0.4, -0.2) is 54.8 Å². The number of amides is 1. The Morgan fingerprint density at radius 2 is 2.06 bits per heavy atom. The largest absolute Gasteiger partial charge is 0.409 e. The van der Waals surface area contributed by atoms with E-state index in [1.807, 2.05) is 0 Å². The first-order valence-corrected chi connectivity index (χ1v) is 12.1. The average Bonchev–Trinajstić information content (AvgIpc) is 2.77. The van der Waals surface area contributed by atoms with Gasteiger partial charge in [0.15, 0.2) is 21.5 Å². The maximum absolute atomic E-state index is 13.2. The molecule has 1 unspecified atom stereocenters. The van der Waals surface area contributed by atoms with Gasteiger partial charge in [-0.2, -0.15) is 0 Å². The minimum atomic E-state index is -3.49. The lowest BCUT2D eigenvalue weighted by atomic mass is 9.84. The second-order valence-electron chi connectivity index (χ2n) is 7.57. The summed E-state index contributed by atoms with van der Waals surface area (Å²) < 4.78 is 29.2. The summed E-state index contributed by atoms with van der Waals surface area (Å²) >= 11 is 6.23. The van der Waals surface area contributed by atoms with Crippen LogP contribution in [0.25, 0.3) is 0 Å². The molecule has 32 heavy (non-hydrogen) atoms. The Balaban J connectivity index is 1.86. The predicted octanol–water partition coefficient (Wildman–Crippen LogP) is 2.17. The molecule has 10 nitrogen and oxygen atoms in total. The second-order valence-corrected chi connectivity index (χ2v) is 9.96. The lowest BCUT2D eigenvalue weighted by Gasteiger charge is -2.26. The summed E-state index contributed by atoms with van der Waals surface area (Å²) in [5, 5.41) is 14.4. The Hall–Kier alpha value is -2.76. The van der Waals surface area contributed by atoms with Crippen LogP contribution in [0.3, 0.4) is 0 Å².